The highest BCUT2D eigenvalue weighted by molar-refractivity contribution is 14.1. The van der Waals surface area contributed by atoms with E-state index in [0.29, 0.717) is 27.2 Å². The molecular weight excluding hydrogens is 464 g/mol. The van der Waals surface area contributed by atoms with Gasteiger partial charge in [-0.1, -0.05) is 22.6 Å². The topological polar surface area (TPSA) is 83.3 Å². The number of amides is 2. The van der Waals surface area contributed by atoms with Crippen molar-refractivity contribution in [3.8, 4) is 0 Å². The van der Waals surface area contributed by atoms with Gasteiger partial charge in [0.1, 0.15) is 0 Å². The number of hydrogen-bond donors (Lipinski definition) is 3. The molecule has 0 unspecified atom stereocenters. The molecule has 26 heavy (non-hydrogen) atoms. The summed E-state index contributed by atoms with van der Waals surface area (Å²) in [5, 5.41) is 8.09. The predicted octanol–water partition coefficient (Wildman–Crippen LogP) is 3.13. The largest absolute Gasteiger partial charge is 0.416 e. The maximum atomic E-state index is 13.0. The van der Waals surface area contributed by atoms with Gasteiger partial charge in [0, 0.05) is 7.05 Å². The summed E-state index contributed by atoms with van der Waals surface area (Å²) in [5.41, 5.74) is 0.967. The number of carbonyl (C=O) groups excluding carboxylic acids is 1. The molecule has 7 nitrogen and oxygen atoms in total. The molecule has 0 aliphatic rings. The van der Waals surface area contributed by atoms with Crippen molar-refractivity contribution in [2.75, 3.05) is 16.9 Å². The molecule has 0 radical (unpaired) electrons. The summed E-state index contributed by atoms with van der Waals surface area (Å²) in [6.07, 6.45) is -2.90. The Morgan fingerprint density at radius 1 is 1.35 bits per heavy atom. The van der Waals surface area contributed by atoms with Gasteiger partial charge >= 0.3 is 12.2 Å². The molecule has 0 saturated carbocycles. The zero-order chi connectivity index (χ0) is 18.9. The number of halogens is 4. The van der Waals surface area contributed by atoms with Gasteiger partial charge < -0.3 is 16.0 Å². The number of rotatable bonds is 4. The second-order valence-corrected chi connectivity index (χ2v) is 6.08. The minimum atomic E-state index is -4.46. The molecule has 2 aromatic heterocycles. The molecule has 0 aliphatic heterocycles. The van der Waals surface area contributed by atoms with E-state index >= 15 is 0 Å². The van der Waals surface area contributed by atoms with E-state index in [1.807, 2.05) is 0 Å². The first-order valence-electron chi connectivity index (χ1n) is 7.48. The summed E-state index contributed by atoms with van der Waals surface area (Å²) in [6, 6.07) is 2.99. The fourth-order valence-corrected chi connectivity index (χ4v) is 2.90. The molecule has 11 heteroatoms. The van der Waals surface area contributed by atoms with Gasteiger partial charge in [-0.15, -0.1) is 0 Å². The number of hydrogen-bond acceptors (Lipinski definition) is 4. The third-order valence-corrected chi connectivity index (χ3v) is 4.10. The SMILES string of the molecule is CNC(=O)NCc1cnc2c(NCI)nc3cc(C(F)(F)F)ccc3n12. The molecule has 0 aliphatic carbocycles. The van der Waals surface area contributed by atoms with Crippen molar-refractivity contribution in [2.45, 2.75) is 12.7 Å². The molecule has 2 heterocycles. The van der Waals surface area contributed by atoms with Crippen LogP contribution in [0.2, 0.25) is 0 Å². The third kappa shape index (κ3) is 3.48. The summed E-state index contributed by atoms with van der Waals surface area (Å²) in [5.74, 6) is 0.373. The van der Waals surface area contributed by atoms with Crippen molar-refractivity contribution in [2.24, 2.45) is 0 Å². The number of nitrogens with one attached hydrogen (secondary N) is 3. The Morgan fingerprint density at radius 3 is 2.77 bits per heavy atom. The van der Waals surface area contributed by atoms with Crippen molar-refractivity contribution in [3.05, 3.63) is 35.7 Å². The molecule has 0 spiro atoms. The Kier molecular flexibility index (Phi) is 5.07. The number of nitrogens with zero attached hydrogens (tertiary/aromatic N) is 3. The van der Waals surface area contributed by atoms with Crippen LogP contribution in [0.3, 0.4) is 0 Å². The maximum absolute atomic E-state index is 13.0. The average molecular weight is 478 g/mol. The Balaban J connectivity index is 2.20. The smallest absolute Gasteiger partial charge is 0.358 e. The van der Waals surface area contributed by atoms with E-state index in [2.05, 4.69) is 48.5 Å². The molecule has 1 aromatic carbocycles. The van der Waals surface area contributed by atoms with Gasteiger partial charge in [0.2, 0.25) is 0 Å². The van der Waals surface area contributed by atoms with Crippen LogP contribution >= 0.6 is 22.6 Å². The number of imidazole rings is 1. The van der Waals surface area contributed by atoms with Crippen molar-refractivity contribution in [1.29, 1.82) is 0 Å². The number of urea groups is 1. The van der Waals surface area contributed by atoms with Crippen LogP contribution in [-0.2, 0) is 12.7 Å². The summed E-state index contributed by atoms with van der Waals surface area (Å²) >= 11 is 2.07. The quantitative estimate of drug-likeness (QED) is 0.306. The van der Waals surface area contributed by atoms with Crippen molar-refractivity contribution >= 4 is 51.1 Å². The van der Waals surface area contributed by atoms with Crippen LogP contribution in [0.5, 0.6) is 0 Å². The number of carbonyl (C=O) groups is 1. The van der Waals surface area contributed by atoms with E-state index in [1.165, 1.54) is 13.1 Å². The zero-order valence-electron chi connectivity index (χ0n) is 13.5. The lowest BCUT2D eigenvalue weighted by molar-refractivity contribution is -0.137. The van der Waals surface area contributed by atoms with E-state index < -0.39 is 11.7 Å². The van der Waals surface area contributed by atoms with Crippen LogP contribution in [-0.4, -0.2) is 32.0 Å². The fourth-order valence-electron chi connectivity index (χ4n) is 2.54. The lowest BCUT2D eigenvalue weighted by atomic mass is 10.2. The van der Waals surface area contributed by atoms with Crippen LogP contribution in [0.25, 0.3) is 16.7 Å². The summed E-state index contributed by atoms with van der Waals surface area (Å²) in [6.45, 7) is 0.157. The first-order chi connectivity index (χ1) is 12.3. The van der Waals surface area contributed by atoms with Gasteiger partial charge in [-0.05, 0) is 18.2 Å². The molecule has 0 fully saturated rings. The number of anilines is 1. The Hall–Kier alpha value is -2.31. The Bertz CT molecular complexity index is 971. The molecule has 0 bridgehead atoms. The molecule has 138 valence electrons. The van der Waals surface area contributed by atoms with Gasteiger partial charge in [0.25, 0.3) is 0 Å². The normalized spacial score (nSPS) is 11.7. The molecule has 3 N–H and O–H groups in total. The number of alkyl halides is 4. The Morgan fingerprint density at radius 2 is 2.12 bits per heavy atom. The first kappa shape index (κ1) is 18.5. The van der Waals surface area contributed by atoms with Crippen LogP contribution in [0.4, 0.5) is 23.8 Å². The second-order valence-electron chi connectivity index (χ2n) is 5.31. The standard InChI is InChI=1S/C15H14F3IN6O/c1-20-14(26)22-6-9-5-21-13-12(23-7-19)24-10-4-8(15(16,17)18)2-3-11(10)25(9)13/h2-5H,6-7H2,1H3,(H,23,24)(H2,20,22,26). The fraction of sp³-hybridized carbons (Fsp3) is 0.267. The second kappa shape index (κ2) is 7.13. The van der Waals surface area contributed by atoms with E-state index in [4.69, 9.17) is 0 Å². The highest BCUT2D eigenvalue weighted by Gasteiger charge is 2.31. The molecule has 0 atom stereocenters. The average Bonchev–Trinajstić information content (AvgIpc) is 3.03. The molecule has 3 aromatic rings. The minimum Gasteiger partial charge on any atom is -0.358 e. The zero-order valence-corrected chi connectivity index (χ0v) is 15.6. The molecule has 2 amide bonds. The van der Waals surface area contributed by atoms with Crippen LogP contribution < -0.4 is 16.0 Å². The first-order valence-corrected chi connectivity index (χ1v) is 9.00. The minimum absolute atomic E-state index is 0.157. The third-order valence-electron chi connectivity index (χ3n) is 3.71. The highest BCUT2D eigenvalue weighted by Crippen LogP contribution is 2.32. The molecular formula is C15H14F3IN6O. The van der Waals surface area contributed by atoms with Gasteiger partial charge in [0.05, 0.1) is 39.6 Å². The van der Waals surface area contributed by atoms with E-state index in [9.17, 15) is 18.0 Å². The van der Waals surface area contributed by atoms with Gasteiger partial charge in [0.15, 0.2) is 11.5 Å². The number of benzene rings is 1. The number of fused-ring (bicyclic) bond motifs is 3. The van der Waals surface area contributed by atoms with E-state index in [-0.39, 0.29) is 18.1 Å². The maximum Gasteiger partial charge on any atom is 0.416 e. The highest BCUT2D eigenvalue weighted by atomic mass is 127. The Labute approximate surface area is 159 Å². The molecule has 0 saturated heterocycles. The van der Waals surface area contributed by atoms with Crippen LogP contribution in [0, 0.1) is 0 Å². The lowest BCUT2D eigenvalue weighted by Crippen LogP contribution is -2.32. The molecule has 3 rings (SSSR count). The van der Waals surface area contributed by atoms with Crippen LogP contribution in [0.1, 0.15) is 11.3 Å². The van der Waals surface area contributed by atoms with E-state index in [1.54, 1.807) is 10.6 Å². The van der Waals surface area contributed by atoms with E-state index in [0.717, 1.165) is 12.1 Å². The van der Waals surface area contributed by atoms with Gasteiger partial charge in [-0.2, -0.15) is 13.2 Å². The van der Waals surface area contributed by atoms with Crippen LogP contribution in [0.15, 0.2) is 24.4 Å². The van der Waals surface area contributed by atoms with Crippen molar-refractivity contribution in [3.63, 3.8) is 0 Å². The van der Waals surface area contributed by atoms with Crippen molar-refractivity contribution in [1.82, 2.24) is 25.0 Å². The summed E-state index contributed by atoms with van der Waals surface area (Å²) in [7, 11) is 1.49. The summed E-state index contributed by atoms with van der Waals surface area (Å²) < 4.78 is 41.3. The van der Waals surface area contributed by atoms with Gasteiger partial charge in [-0.25, -0.2) is 14.8 Å². The predicted molar refractivity (Wildman–Crippen MR) is 99.3 cm³/mol. The van der Waals surface area contributed by atoms with Gasteiger partial charge in [-0.3, -0.25) is 4.40 Å². The van der Waals surface area contributed by atoms with Crippen molar-refractivity contribution < 1.29 is 18.0 Å². The monoisotopic (exact) mass is 478 g/mol. The lowest BCUT2D eigenvalue weighted by Gasteiger charge is -2.13. The number of aromatic nitrogens is 3. The summed E-state index contributed by atoms with van der Waals surface area (Å²) in [4.78, 5) is 20.0.